The second-order valence-electron chi connectivity index (χ2n) is 6.92. The molecule has 1 fully saturated rings. The number of amides is 2. The van der Waals surface area contributed by atoms with Crippen molar-refractivity contribution in [1.82, 2.24) is 9.80 Å². The van der Waals surface area contributed by atoms with Gasteiger partial charge in [0.2, 0.25) is 5.91 Å². The van der Waals surface area contributed by atoms with Crippen LogP contribution in [0.2, 0.25) is 0 Å². The lowest BCUT2D eigenvalue weighted by molar-refractivity contribution is -0.121. The highest BCUT2D eigenvalue weighted by molar-refractivity contribution is 5.95. The van der Waals surface area contributed by atoms with E-state index in [1.807, 2.05) is 6.92 Å². The van der Waals surface area contributed by atoms with Crippen molar-refractivity contribution < 1.29 is 14.3 Å². The van der Waals surface area contributed by atoms with Crippen LogP contribution in [0.25, 0.3) is 0 Å². The predicted molar refractivity (Wildman–Crippen MR) is 110 cm³/mol. The highest BCUT2D eigenvalue weighted by Gasteiger charge is 2.28. The molecular formula is C22H24N4O3. The Kier molecular flexibility index (Phi) is 6.47. The van der Waals surface area contributed by atoms with Gasteiger partial charge in [0.25, 0.3) is 5.91 Å². The van der Waals surface area contributed by atoms with E-state index in [1.165, 1.54) is 0 Å². The summed E-state index contributed by atoms with van der Waals surface area (Å²) in [6.45, 7) is 4.18. The lowest BCUT2D eigenvalue weighted by Crippen LogP contribution is -2.54. The fourth-order valence-electron chi connectivity index (χ4n) is 3.33. The van der Waals surface area contributed by atoms with E-state index >= 15 is 0 Å². The highest BCUT2D eigenvalue weighted by Crippen LogP contribution is 2.17. The Balaban J connectivity index is 1.56. The molecule has 29 heavy (non-hydrogen) atoms. The summed E-state index contributed by atoms with van der Waals surface area (Å²) >= 11 is 0. The molecule has 0 aromatic heterocycles. The lowest BCUT2D eigenvalue weighted by Gasteiger charge is -2.37. The number of piperazine rings is 1. The van der Waals surface area contributed by atoms with E-state index in [4.69, 9.17) is 10.00 Å². The summed E-state index contributed by atoms with van der Waals surface area (Å²) in [5.74, 6) is 0.488. The number of methoxy groups -OCH3 is 1. The highest BCUT2D eigenvalue weighted by atomic mass is 16.5. The molecule has 1 aliphatic rings. The van der Waals surface area contributed by atoms with Crippen molar-refractivity contribution in [3.8, 4) is 11.8 Å². The summed E-state index contributed by atoms with van der Waals surface area (Å²) in [6.07, 6.45) is 0. The van der Waals surface area contributed by atoms with E-state index in [0.717, 1.165) is 0 Å². The third-order valence-corrected chi connectivity index (χ3v) is 5.10. The van der Waals surface area contributed by atoms with Crippen molar-refractivity contribution in [3.63, 3.8) is 0 Å². The van der Waals surface area contributed by atoms with Crippen LogP contribution in [0.15, 0.2) is 48.5 Å². The molecule has 150 valence electrons. The zero-order valence-electron chi connectivity index (χ0n) is 16.6. The minimum Gasteiger partial charge on any atom is -0.497 e. The van der Waals surface area contributed by atoms with Gasteiger partial charge in [-0.3, -0.25) is 14.5 Å². The minimum absolute atomic E-state index is 0.0334. The van der Waals surface area contributed by atoms with E-state index in [9.17, 15) is 9.59 Å². The Labute approximate surface area is 170 Å². The third kappa shape index (κ3) is 4.92. The van der Waals surface area contributed by atoms with Crippen molar-refractivity contribution in [3.05, 3.63) is 59.7 Å². The zero-order chi connectivity index (χ0) is 20.8. The number of benzene rings is 2. The Morgan fingerprint density at radius 2 is 1.83 bits per heavy atom. The lowest BCUT2D eigenvalue weighted by atomic mass is 10.1. The Morgan fingerprint density at radius 3 is 2.52 bits per heavy atom. The van der Waals surface area contributed by atoms with Crippen LogP contribution >= 0.6 is 0 Å². The maximum Gasteiger partial charge on any atom is 0.254 e. The second kappa shape index (κ2) is 9.22. The molecule has 1 N–H and O–H groups in total. The van der Waals surface area contributed by atoms with Gasteiger partial charge in [-0.15, -0.1) is 0 Å². The molecule has 0 bridgehead atoms. The molecule has 7 nitrogen and oxygen atoms in total. The average molecular weight is 392 g/mol. The molecular weight excluding hydrogens is 368 g/mol. The van der Waals surface area contributed by atoms with Crippen LogP contribution in [-0.4, -0.2) is 60.9 Å². The summed E-state index contributed by atoms with van der Waals surface area (Å²) in [4.78, 5) is 29.2. The summed E-state index contributed by atoms with van der Waals surface area (Å²) in [5, 5.41) is 11.8. The van der Waals surface area contributed by atoms with Crippen molar-refractivity contribution in [2.45, 2.75) is 13.0 Å². The number of carbonyl (C=O) groups excluding carboxylic acids is 2. The van der Waals surface area contributed by atoms with Gasteiger partial charge in [-0.2, -0.15) is 5.26 Å². The number of ether oxygens (including phenoxy) is 1. The number of nitrogens with zero attached hydrogens (tertiary/aromatic N) is 3. The smallest absolute Gasteiger partial charge is 0.254 e. The molecule has 1 heterocycles. The van der Waals surface area contributed by atoms with Gasteiger partial charge in [-0.05, 0) is 43.3 Å². The fourth-order valence-corrected chi connectivity index (χ4v) is 3.33. The van der Waals surface area contributed by atoms with Gasteiger partial charge in [0.1, 0.15) is 5.75 Å². The first kappa shape index (κ1) is 20.4. The molecule has 3 rings (SSSR count). The number of hydrogen-bond acceptors (Lipinski definition) is 5. The minimum atomic E-state index is -0.338. The van der Waals surface area contributed by atoms with Gasteiger partial charge in [-0.1, -0.05) is 12.1 Å². The summed E-state index contributed by atoms with van der Waals surface area (Å²) in [7, 11) is 1.57. The number of nitrogens with one attached hydrogen (secondary N) is 1. The van der Waals surface area contributed by atoms with E-state index < -0.39 is 0 Å². The molecule has 1 unspecified atom stereocenters. The van der Waals surface area contributed by atoms with Crippen molar-refractivity contribution >= 4 is 17.5 Å². The van der Waals surface area contributed by atoms with Gasteiger partial charge in [0.15, 0.2) is 0 Å². The van der Waals surface area contributed by atoms with Crippen LogP contribution in [0, 0.1) is 11.3 Å². The predicted octanol–water partition coefficient (Wildman–Crippen LogP) is 2.35. The average Bonchev–Trinajstić information content (AvgIpc) is 2.78. The van der Waals surface area contributed by atoms with Crippen LogP contribution in [0.5, 0.6) is 5.75 Å². The molecule has 2 amide bonds. The topological polar surface area (TPSA) is 85.7 Å². The maximum absolute atomic E-state index is 12.7. The first-order valence-electron chi connectivity index (χ1n) is 9.50. The molecule has 1 aliphatic heterocycles. The third-order valence-electron chi connectivity index (χ3n) is 5.10. The van der Waals surface area contributed by atoms with Crippen LogP contribution in [0.1, 0.15) is 22.8 Å². The molecule has 2 aromatic rings. The maximum atomic E-state index is 12.7. The molecule has 1 saturated heterocycles. The van der Waals surface area contributed by atoms with Crippen LogP contribution < -0.4 is 10.1 Å². The van der Waals surface area contributed by atoms with Crippen LogP contribution in [0.3, 0.4) is 0 Å². The molecule has 1 atom stereocenters. The van der Waals surface area contributed by atoms with Gasteiger partial charge in [0.05, 0.1) is 24.8 Å². The number of nitriles is 1. The van der Waals surface area contributed by atoms with Crippen LogP contribution in [0.4, 0.5) is 5.69 Å². The molecule has 0 aliphatic carbocycles. The Morgan fingerprint density at radius 1 is 1.10 bits per heavy atom. The van der Waals surface area contributed by atoms with E-state index in [-0.39, 0.29) is 17.9 Å². The molecule has 7 heteroatoms. The second-order valence-corrected chi connectivity index (χ2v) is 6.92. The zero-order valence-corrected chi connectivity index (χ0v) is 16.6. The quantitative estimate of drug-likeness (QED) is 0.844. The number of rotatable bonds is 5. The van der Waals surface area contributed by atoms with Crippen LogP contribution in [-0.2, 0) is 4.79 Å². The number of hydrogen-bond donors (Lipinski definition) is 1. The molecule has 2 aromatic carbocycles. The SMILES string of the molecule is COc1cccc(C(=O)N2CCN(C(C)C(=O)Nc3cccc(C#N)c3)CC2)c1. The van der Waals surface area contributed by atoms with Crippen molar-refractivity contribution in [2.75, 3.05) is 38.6 Å². The number of anilines is 1. The van der Waals surface area contributed by atoms with E-state index in [1.54, 1.807) is 60.5 Å². The summed E-state index contributed by atoms with van der Waals surface area (Å²) in [5.41, 5.74) is 1.70. The summed E-state index contributed by atoms with van der Waals surface area (Å²) < 4.78 is 5.19. The molecule has 0 spiro atoms. The Bertz CT molecular complexity index is 930. The summed E-state index contributed by atoms with van der Waals surface area (Å²) in [6, 6.07) is 15.7. The van der Waals surface area contributed by atoms with E-state index in [0.29, 0.717) is 48.7 Å². The Hall–Kier alpha value is -3.37. The molecule has 0 radical (unpaired) electrons. The first-order valence-corrected chi connectivity index (χ1v) is 9.50. The van der Waals surface area contributed by atoms with Gasteiger partial charge < -0.3 is 15.0 Å². The fraction of sp³-hybridized carbons (Fsp3) is 0.318. The molecule has 0 saturated carbocycles. The van der Waals surface area contributed by atoms with Crippen molar-refractivity contribution in [2.24, 2.45) is 0 Å². The normalized spacial score (nSPS) is 15.3. The first-order chi connectivity index (χ1) is 14.0. The van der Waals surface area contributed by atoms with Gasteiger partial charge in [0, 0.05) is 37.4 Å². The standard InChI is InChI=1S/C22H24N4O3/c1-16(21(27)24-19-7-3-5-17(13-19)15-23)25-9-11-26(12-10-25)22(28)18-6-4-8-20(14-18)29-2/h3-8,13-14,16H,9-12H2,1-2H3,(H,24,27). The monoisotopic (exact) mass is 392 g/mol. The van der Waals surface area contributed by atoms with Gasteiger partial charge in [-0.25, -0.2) is 0 Å². The van der Waals surface area contributed by atoms with Gasteiger partial charge >= 0.3 is 0 Å². The number of carbonyl (C=O) groups is 2. The van der Waals surface area contributed by atoms with Crippen molar-refractivity contribution in [1.29, 1.82) is 5.26 Å². The van der Waals surface area contributed by atoms with E-state index in [2.05, 4.69) is 16.3 Å². The largest absolute Gasteiger partial charge is 0.497 e.